The summed E-state index contributed by atoms with van der Waals surface area (Å²) in [5.74, 6) is -0.417. The number of nitrogens with one attached hydrogen (secondary N) is 3. The first-order valence-electron chi connectivity index (χ1n) is 12.2. The van der Waals surface area contributed by atoms with Crippen molar-refractivity contribution >= 4 is 28.7 Å². The van der Waals surface area contributed by atoms with Gasteiger partial charge in [-0.05, 0) is 56.7 Å². The Balaban J connectivity index is 1.43. The topological polar surface area (TPSA) is 133 Å². The van der Waals surface area contributed by atoms with Crippen LogP contribution in [0.1, 0.15) is 41.4 Å². The Labute approximate surface area is 215 Å². The van der Waals surface area contributed by atoms with Crippen molar-refractivity contribution in [3.8, 4) is 5.75 Å². The van der Waals surface area contributed by atoms with Crippen molar-refractivity contribution in [1.82, 2.24) is 26.0 Å². The van der Waals surface area contributed by atoms with Gasteiger partial charge in [0.1, 0.15) is 12.4 Å². The lowest BCUT2D eigenvalue weighted by Crippen LogP contribution is -2.54. The second kappa shape index (κ2) is 11.3. The van der Waals surface area contributed by atoms with Crippen LogP contribution in [-0.4, -0.2) is 58.1 Å². The van der Waals surface area contributed by atoms with E-state index in [9.17, 15) is 14.4 Å². The van der Waals surface area contributed by atoms with Crippen LogP contribution in [-0.2, 0) is 11.4 Å². The van der Waals surface area contributed by atoms with Gasteiger partial charge in [-0.15, -0.1) is 0 Å². The van der Waals surface area contributed by atoms with Gasteiger partial charge in [0.05, 0.1) is 17.5 Å². The molecule has 4 rings (SSSR count). The van der Waals surface area contributed by atoms with E-state index in [2.05, 4.69) is 15.6 Å². The molecule has 0 saturated carbocycles. The number of benzene rings is 2. The average Bonchev–Trinajstić information content (AvgIpc) is 3.31. The Morgan fingerprint density at radius 2 is 1.89 bits per heavy atom. The number of hydrogen-bond donors (Lipinski definition) is 4. The van der Waals surface area contributed by atoms with E-state index in [-0.39, 0.29) is 24.9 Å². The molecule has 1 aliphatic rings. The molecule has 37 heavy (non-hydrogen) atoms. The van der Waals surface area contributed by atoms with Gasteiger partial charge >= 0.3 is 6.03 Å². The fourth-order valence-electron chi connectivity index (χ4n) is 4.64. The zero-order valence-corrected chi connectivity index (χ0v) is 20.9. The molecule has 1 saturated heterocycles. The molecule has 10 nitrogen and oxygen atoms in total. The second-order valence-electron chi connectivity index (χ2n) is 9.21. The Bertz CT molecular complexity index is 1300. The molecule has 10 heteroatoms. The lowest BCUT2D eigenvalue weighted by Gasteiger charge is -2.30. The number of hydroxylamine groups is 1. The van der Waals surface area contributed by atoms with Crippen LogP contribution >= 0.6 is 0 Å². The van der Waals surface area contributed by atoms with Gasteiger partial charge in [0.15, 0.2) is 0 Å². The molecule has 4 amide bonds. The third-order valence-corrected chi connectivity index (χ3v) is 6.41. The Kier molecular flexibility index (Phi) is 7.88. The summed E-state index contributed by atoms with van der Waals surface area (Å²) < 4.78 is 5.98. The third kappa shape index (κ3) is 6.15. The van der Waals surface area contributed by atoms with Gasteiger partial charge in [-0.3, -0.25) is 19.8 Å². The summed E-state index contributed by atoms with van der Waals surface area (Å²) in [6.07, 6.45) is 0.218. The van der Waals surface area contributed by atoms with Crippen molar-refractivity contribution < 1.29 is 24.3 Å². The van der Waals surface area contributed by atoms with E-state index < -0.39 is 11.4 Å². The van der Waals surface area contributed by atoms with Crippen LogP contribution in [0.5, 0.6) is 5.75 Å². The highest BCUT2D eigenvalue weighted by atomic mass is 16.5. The smallest absolute Gasteiger partial charge is 0.317 e. The van der Waals surface area contributed by atoms with E-state index in [1.54, 1.807) is 34.6 Å². The maximum atomic E-state index is 13.1. The minimum absolute atomic E-state index is 0.151. The zero-order chi connectivity index (χ0) is 26.4. The van der Waals surface area contributed by atoms with E-state index in [0.29, 0.717) is 37.4 Å². The van der Waals surface area contributed by atoms with Crippen molar-refractivity contribution in [2.45, 2.75) is 38.8 Å². The van der Waals surface area contributed by atoms with Crippen LogP contribution in [0.2, 0.25) is 0 Å². The first-order chi connectivity index (χ1) is 17.8. The second-order valence-corrected chi connectivity index (χ2v) is 9.21. The quantitative estimate of drug-likeness (QED) is 0.275. The van der Waals surface area contributed by atoms with Crippen molar-refractivity contribution in [1.29, 1.82) is 0 Å². The fourth-order valence-corrected chi connectivity index (χ4v) is 4.64. The number of aryl methyl sites for hydroxylation is 1. The van der Waals surface area contributed by atoms with Crippen LogP contribution in [0, 0.1) is 6.92 Å². The highest BCUT2D eigenvalue weighted by molar-refractivity contribution is 5.95. The molecule has 2 heterocycles. The molecule has 1 aliphatic heterocycles. The SMILES string of the molecule is CCNC(=O)N1CCC(CC(=O)NO)(NC(=O)c2ccc(OCc3cc(C)nc4ccccc34)cc2)C1. The number of pyridine rings is 1. The van der Waals surface area contributed by atoms with E-state index in [1.165, 1.54) is 0 Å². The monoisotopic (exact) mass is 505 g/mol. The molecular formula is C27H31N5O5. The summed E-state index contributed by atoms with van der Waals surface area (Å²) in [6, 6.07) is 16.4. The van der Waals surface area contributed by atoms with Gasteiger partial charge in [0, 0.05) is 41.8 Å². The minimum Gasteiger partial charge on any atom is -0.489 e. The number of hydrogen-bond acceptors (Lipinski definition) is 6. The standard InChI is InChI=1S/C27H31N5O5/c1-3-28-26(35)32-13-12-27(17-32,15-24(33)31-36)30-25(34)19-8-10-21(11-9-19)37-16-20-14-18(2)29-23-7-5-4-6-22(20)23/h4-11,14,36H,3,12-13,15-17H2,1-2H3,(H,28,35)(H,30,34)(H,31,33). The molecule has 1 atom stereocenters. The Morgan fingerprint density at radius 1 is 1.14 bits per heavy atom. The van der Waals surface area contributed by atoms with Crippen molar-refractivity contribution in [2.24, 2.45) is 0 Å². The van der Waals surface area contributed by atoms with Gasteiger partial charge in [-0.2, -0.15) is 0 Å². The normalized spacial score (nSPS) is 16.9. The molecule has 1 unspecified atom stereocenters. The Hall–Kier alpha value is -4.18. The van der Waals surface area contributed by atoms with Gasteiger partial charge < -0.3 is 20.3 Å². The number of carbonyl (C=O) groups excluding carboxylic acids is 3. The molecule has 0 spiro atoms. The van der Waals surface area contributed by atoms with E-state index in [4.69, 9.17) is 9.94 Å². The van der Waals surface area contributed by atoms with Gasteiger partial charge in [-0.25, -0.2) is 10.3 Å². The van der Waals surface area contributed by atoms with Crippen molar-refractivity contribution in [3.63, 3.8) is 0 Å². The number of fused-ring (bicyclic) bond motifs is 1. The molecule has 0 aliphatic carbocycles. The van der Waals surface area contributed by atoms with Crippen molar-refractivity contribution in [2.75, 3.05) is 19.6 Å². The molecule has 2 aromatic carbocycles. The summed E-state index contributed by atoms with van der Waals surface area (Å²) in [5.41, 5.74) is 3.85. The van der Waals surface area contributed by atoms with Crippen LogP contribution in [0.15, 0.2) is 54.6 Å². The summed E-state index contributed by atoms with van der Waals surface area (Å²) in [7, 11) is 0. The van der Waals surface area contributed by atoms with Crippen LogP contribution in [0.3, 0.4) is 0 Å². The number of amides is 4. The zero-order valence-electron chi connectivity index (χ0n) is 20.9. The molecule has 3 aromatic rings. The molecule has 1 aromatic heterocycles. The number of nitrogens with zero attached hydrogens (tertiary/aromatic N) is 2. The van der Waals surface area contributed by atoms with Gasteiger partial charge in [-0.1, -0.05) is 18.2 Å². The van der Waals surface area contributed by atoms with Gasteiger partial charge in [0.2, 0.25) is 5.91 Å². The maximum absolute atomic E-state index is 13.1. The molecule has 194 valence electrons. The molecule has 0 bridgehead atoms. The number of para-hydroxylation sites is 1. The highest BCUT2D eigenvalue weighted by Crippen LogP contribution is 2.26. The van der Waals surface area contributed by atoms with Crippen LogP contribution in [0.25, 0.3) is 10.9 Å². The van der Waals surface area contributed by atoms with Crippen LogP contribution < -0.4 is 20.9 Å². The number of aromatic nitrogens is 1. The Morgan fingerprint density at radius 3 is 2.62 bits per heavy atom. The van der Waals surface area contributed by atoms with Crippen molar-refractivity contribution in [3.05, 3.63) is 71.4 Å². The van der Waals surface area contributed by atoms with Gasteiger partial charge in [0.25, 0.3) is 5.91 Å². The summed E-state index contributed by atoms with van der Waals surface area (Å²) >= 11 is 0. The minimum atomic E-state index is -0.996. The van der Waals surface area contributed by atoms with Crippen LogP contribution in [0.4, 0.5) is 4.79 Å². The average molecular weight is 506 g/mol. The number of ether oxygens (including phenoxy) is 1. The molecular weight excluding hydrogens is 474 g/mol. The maximum Gasteiger partial charge on any atom is 0.317 e. The lowest BCUT2D eigenvalue weighted by molar-refractivity contribution is -0.130. The molecule has 1 fully saturated rings. The number of carbonyl (C=O) groups is 3. The molecule has 0 radical (unpaired) electrons. The van der Waals surface area contributed by atoms with E-state index in [0.717, 1.165) is 22.2 Å². The highest BCUT2D eigenvalue weighted by Gasteiger charge is 2.43. The predicted molar refractivity (Wildman–Crippen MR) is 137 cm³/mol. The first-order valence-corrected chi connectivity index (χ1v) is 12.2. The number of rotatable bonds is 8. The largest absolute Gasteiger partial charge is 0.489 e. The summed E-state index contributed by atoms with van der Waals surface area (Å²) in [6.45, 7) is 5.11. The summed E-state index contributed by atoms with van der Waals surface area (Å²) in [4.78, 5) is 43.4. The lowest BCUT2D eigenvalue weighted by atomic mass is 9.93. The summed E-state index contributed by atoms with van der Waals surface area (Å²) in [5, 5.41) is 15.7. The third-order valence-electron chi connectivity index (χ3n) is 6.41. The predicted octanol–water partition coefficient (Wildman–Crippen LogP) is 2.92. The number of urea groups is 1. The fraction of sp³-hybridized carbons (Fsp3) is 0.333. The first kappa shape index (κ1) is 25.9. The number of likely N-dealkylation sites (tertiary alicyclic amines) is 1. The molecule has 4 N–H and O–H groups in total. The van der Waals surface area contributed by atoms with E-state index in [1.807, 2.05) is 44.2 Å². The van der Waals surface area contributed by atoms with E-state index >= 15 is 0 Å².